The molecule has 0 fully saturated rings. The van der Waals surface area contributed by atoms with Crippen LogP contribution in [0, 0.1) is 0 Å². The second kappa shape index (κ2) is 9.62. The Kier molecular flexibility index (Phi) is 6.95. The van der Waals surface area contributed by atoms with Crippen LogP contribution in [0.2, 0.25) is 0 Å². The zero-order valence-corrected chi connectivity index (χ0v) is 17.0. The fourth-order valence-electron chi connectivity index (χ4n) is 2.73. The van der Waals surface area contributed by atoms with E-state index >= 15 is 0 Å². The SMILES string of the molecule is CCOc1ccc(S(=O)(=O)NCCC(=O)Nc2ccc3c(c2)OCCCO3)cc1. The summed E-state index contributed by atoms with van der Waals surface area (Å²) in [7, 11) is -3.70. The second-order valence-electron chi connectivity index (χ2n) is 6.31. The van der Waals surface area contributed by atoms with Crippen molar-refractivity contribution in [1.82, 2.24) is 4.72 Å². The number of rotatable bonds is 8. The average molecular weight is 420 g/mol. The minimum Gasteiger partial charge on any atom is -0.494 e. The third-order valence-corrected chi connectivity index (χ3v) is 5.60. The Morgan fingerprint density at radius 3 is 2.52 bits per heavy atom. The van der Waals surface area contributed by atoms with Crippen molar-refractivity contribution in [3.8, 4) is 17.2 Å². The molecule has 0 saturated heterocycles. The number of hydrogen-bond donors (Lipinski definition) is 2. The first kappa shape index (κ1) is 20.9. The van der Waals surface area contributed by atoms with Crippen LogP contribution in [0.3, 0.4) is 0 Å². The van der Waals surface area contributed by atoms with Crippen molar-refractivity contribution < 1.29 is 27.4 Å². The number of benzene rings is 2. The van der Waals surface area contributed by atoms with Crippen LogP contribution in [-0.4, -0.2) is 40.7 Å². The van der Waals surface area contributed by atoms with Crippen molar-refractivity contribution in [2.75, 3.05) is 31.7 Å². The topological polar surface area (TPSA) is 103 Å². The maximum absolute atomic E-state index is 12.3. The Morgan fingerprint density at radius 1 is 1.07 bits per heavy atom. The predicted molar refractivity (Wildman–Crippen MR) is 108 cm³/mol. The molecule has 1 aliphatic rings. The molecule has 1 amide bonds. The van der Waals surface area contributed by atoms with Gasteiger partial charge in [-0.3, -0.25) is 4.79 Å². The van der Waals surface area contributed by atoms with Gasteiger partial charge in [-0.2, -0.15) is 0 Å². The number of fused-ring (bicyclic) bond motifs is 1. The smallest absolute Gasteiger partial charge is 0.240 e. The first-order chi connectivity index (χ1) is 14.0. The predicted octanol–water partition coefficient (Wildman–Crippen LogP) is 2.55. The molecule has 0 aliphatic carbocycles. The Bertz CT molecular complexity index is 944. The van der Waals surface area contributed by atoms with Crippen molar-refractivity contribution in [2.24, 2.45) is 0 Å². The molecule has 1 heterocycles. The molecule has 0 radical (unpaired) electrons. The van der Waals surface area contributed by atoms with E-state index in [0.717, 1.165) is 6.42 Å². The highest BCUT2D eigenvalue weighted by Crippen LogP contribution is 2.32. The van der Waals surface area contributed by atoms with Crippen molar-refractivity contribution >= 4 is 21.6 Å². The highest BCUT2D eigenvalue weighted by molar-refractivity contribution is 7.89. The monoisotopic (exact) mass is 420 g/mol. The molecule has 1 aliphatic heterocycles. The van der Waals surface area contributed by atoms with E-state index in [1.807, 2.05) is 6.92 Å². The highest BCUT2D eigenvalue weighted by Gasteiger charge is 2.15. The lowest BCUT2D eigenvalue weighted by molar-refractivity contribution is -0.116. The standard InChI is InChI=1S/C20H24N2O6S/c1-2-26-16-5-7-17(8-6-16)29(24,25)21-11-10-20(23)22-15-4-9-18-19(14-15)28-13-3-12-27-18/h4-9,14,21H,2-3,10-13H2,1H3,(H,22,23). The fraction of sp³-hybridized carbons (Fsp3) is 0.350. The highest BCUT2D eigenvalue weighted by atomic mass is 32.2. The van der Waals surface area contributed by atoms with Gasteiger partial charge in [-0.05, 0) is 43.3 Å². The summed E-state index contributed by atoms with van der Waals surface area (Å²) in [5.41, 5.74) is 0.564. The van der Waals surface area contributed by atoms with Gasteiger partial charge in [0.15, 0.2) is 11.5 Å². The molecule has 0 bridgehead atoms. The first-order valence-corrected chi connectivity index (χ1v) is 10.9. The lowest BCUT2D eigenvalue weighted by Crippen LogP contribution is -2.27. The van der Waals surface area contributed by atoms with Gasteiger partial charge in [0.1, 0.15) is 5.75 Å². The quantitative estimate of drug-likeness (QED) is 0.680. The van der Waals surface area contributed by atoms with Gasteiger partial charge in [0.2, 0.25) is 15.9 Å². The Morgan fingerprint density at radius 2 is 1.79 bits per heavy atom. The van der Waals surface area contributed by atoms with Gasteiger partial charge in [0.05, 0.1) is 24.7 Å². The number of carbonyl (C=O) groups is 1. The average Bonchev–Trinajstić information content (AvgIpc) is 2.93. The summed E-state index contributed by atoms with van der Waals surface area (Å²) in [4.78, 5) is 12.3. The molecule has 3 rings (SSSR count). The van der Waals surface area contributed by atoms with Crippen molar-refractivity contribution in [3.05, 3.63) is 42.5 Å². The maximum Gasteiger partial charge on any atom is 0.240 e. The summed E-state index contributed by atoms with van der Waals surface area (Å²) in [6.45, 7) is 3.48. The molecule has 0 unspecified atom stereocenters. The van der Waals surface area contributed by atoms with E-state index in [2.05, 4.69) is 10.0 Å². The zero-order valence-electron chi connectivity index (χ0n) is 16.1. The molecule has 2 N–H and O–H groups in total. The molecule has 29 heavy (non-hydrogen) atoms. The molecule has 2 aromatic carbocycles. The third-order valence-electron chi connectivity index (χ3n) is 4.12. The third kappa shape index (κ3) is 5.85. The van der Waals surface area contributed by atoms with Crippen LogP contribution in [0.5, 0.6) is 17.2 Å². The van der Waals surface area contributed by atoms with E-state index in [0.29, 0.717) is 42.8 Å². The number of ether oxygens (including phenoxy) is 3. The number of hydrogen-bond acceptors (Lipinski definition) is 6. The van der Waals surface area contributed by atoms with Gasteiger partial charge < -0.3 is 19.5 Å². The summed E-state index contributed by atoms with van der Waals surface area (Å²) in [5.74, 6) is 1.51. The summed E-state index contributed by atoms with van der Waals surface area (Å²) >= 11 is 0. The molecular formula is C20H24N2O6S. The van der Waals surface area contributed by atoms with E-state index < -0.39 is 10.0 Å². The molecule has 8 nitrogen and oxygen atoms in total. The van der Waals surface area contributed by atoms with E-state index in [-0.39, 0.29) is 23.8 Å². The Hall–Kier alpha value is -2.78. The normalized spacial score (nSPS) is 13.4. The molecule has 2 aromatic rings. The van der Waals surface area contributed by atoms with Crippen LogP contribution in [0.4, 0.5) is 5.69 Å². The van der Waals surface area contributed by atoms with Crippen LogP contribution < -0.4 is 24.2 Å². The van der Waals surface area contributed by atoms with Crippen LogP contribution in [0.15, 0.2) is 47.4 Å². The molecule has 156 valence electrons. The van der Waals surface area contributed by atoms with Crippen LogP contribution >= 0.6 is 0 Å². The maximum atomic E-state index is 12.3. The van der Waals surface area contributed by atoms with Gasteiger partial charge in [-0.15, -0.1) is 0 Å². The van der Waals surface area contributed by atoms with Crippen LogP contribution in [0.25, 0.3) is 0 Å². The van der Waals surface area contributed by atoms with Gasteiger partial charge in [-0.25, -0.2) is 13.1 Å². The van der Waals surface area contributed by atoms with Crippen LogP contribution in [-0.2, 0) is 14.8 Å². The minimum atomic E-state index is -3.70. The number of sulfonamides is 1. The molecule has 0 aromatic heterocycles. The molecule has 0 atom stereocenters. The van der Waals surface area contributed by atoms with Crippen molar-refractivity contribution in [3.63, 3.8) is 0 Å². The summed E-state index contributed by atoms with van der Waals surface area (Å²) in [6.07, 6.45) is 0.787. The summed E-state index contributed by atoms with van der Waals surface area (Å²) in [6, 6.07) is 11.3. The number of nitrogens with one attached hydrogen (secondary N) is 2. The van der Waals surface area contributed by atoms with Gasteiger partial charge in [-0.1, -0.05) is 0 Å². The van der Waals surface area contributed by atoms with Crippen LogP contribution in [0.1, 0.15) is 19.8 Å². The van der Waals surface area contributed by atoms with E-state index in [1.54, 1.807) is 30.3 Å². The number of anilines is 1. The number of amides is 1. The van der Waals surface area contributed by atoms with E-state index in [4.69, 9.17) is 14.2 Å². The van der Waals surface area contributed by atoms with Crippen molar-refractivity contribution in [1.29, 1.82) is 0 Å². The molecular weight excluding hydrogens is 396 g/mol. The number of carbonyl (C=O) groups excluding carboxylic acids is 1. The van der Waals surface area contributed by atoms with Gasteiger partial charge >= 0.3 is 0 Å². The zero-order chi connectivity index (χ0) is 20.7. The van der Waals surface area contributed by atoms with Gasteiger partial charge in [0, 0.05) is 31.1 Å². The Labute approximate surface area is 170 Å². The fourth-order valence-corrected chi connectivity index (χ4v) is 3.76. The molecule has 9 heteroatoms. The van der Waals surface area contributed by atoms with Gasteiger partial charge in [0.25, 0.3) is 0 Å². The molecule has 0 saturated carbocycles. The second-order valence-corrected chi connectivity index (χ2v) is 8.08. The van der Waals surface area contributed by atoms with Crippen molar-refractivity contribution in [2.45, 2.75) is 24.7 Å². The lowest BCUT2D eigenvalue weighted by Gasteiger charge is -2.11. The first-order valence-electron chi connectivity index (χ1n) is 9.40. The Balaban J connectivity index is 1.51. The van der Waals surface area contributed by atoms with E-state index in [1.165, 1.54) is 12.1 Å². The minimum absolute atomic E-state index is 0.00922. The van der Waals surface area contributed by atoms with E-state index in [9.17, 15) is 13.2 Å². The summed E-state index contributed by atoms with van der Waals surface area (Å²) < 4.78 is 43.5. The summed E-state index contributed by atoms with van der Waals surface area (Å²) in [5, 5.41) is 2.73. The molecule has 0 spiro atoms. The lowest BCUT2D eigenvalue weighted by atomic mass is 10.2. The largest absolute Gasteiger partial charge is 0.494 e.